The Labute approximate surface area is 112 Å². The lowest BCUT2D eigenvalue weighted by molar-refractivity contribution is 0.944. The Morgan fingerprint density at radius 1 is 1.33 bits per heavy atom. The first-order valence-corrected chi connectivity index (χ1v) is 6.18. The highest BCUT2D eigenvalue weighted by atomic mass is 79.9. The average molecular weight is 304 g/mol. The summed E-state index contributed by atoms with van der Waals surface area (Å²) in [5.41, 5.74) is 8.88. The van der Waals surface area contributed by atoms with Crippen LogP contribution in [0.4, 0.5) is 5.82 Å². The Morgan fingerprint density at radius 3 is 2.94 bits per heavy atom. The number of aromatic nitrogens is 4. The molecule has 2 N–H and O–H groups in total. The lowest BCUT2D eigenvalue weighted by atomic mass is 10.1. The van der Waals surface area contributed by atoms with E-state index in [1.165, 1.54) is 6.33 Å². The summed E-state index contributed by atoms with van der Waals surface area (Å²) in [5, 5.41) is 4.07. The number of hydrogen-bond donors (Lipinski definition) is 1. The second-order valence-electron chi connectivity index (χ2n) is 3.94. The first-order valence-electron chi connectivity index (χ1n) is 5.38. The molecular formula is C12H10BrN5. The second kappa shape index (κ2) is 4.06. The van der Waals surface area contributed by atoms with E-state index in [1.807, 2.05) is 31.2 Å². The Bertz CT molecular complexity index is 734. The van der Waals surface area contributed by atoms with Gasteiger partial charge in [0, 0.05) is 10.0 Å². The predicted molar refractivity (Wildman–Crippen MR) is 73.1 cm³/mol. The molecule has 90 valence electrons. The van der Waals surface area contributed by atoms with Gasteiger partial charge in [0.15, 0.2) is 0 Å². The molecule has 6 heteroatoms. The van der Waals surface area contributed by atoms with E-state index in [-0.39, 0.29) is 0 Å². The summed E-state index contributed by atoms with van der Waals surface area (Å²) in [6.07, 6.45) is 1.45. The van der Waals surface area contributed by atoms with Gasteiger partial charge in [-0.25, -0.2) is 4.98 Å². The van der Waals surface area contributed by atoms with E-state index in [0.29, 0.717) is 11.6 Å². The van der Waals surface area contributed by atoms with Gasteiger partial charge in [0.25, 0.3) is 5.78 Å². The van der Waals surface area contributed by atoms with Gasteiger partial charge in [0.1, 0.15) is 12.1 Å². The van der Waals surface area contributed by atoms with Crippen LogP contribution in [0.1, 0.15) is 5.69 Å². The van der Waals surface area contributed by atoms with E-state index in [0.717, 1.165) is 21.3 Å². The van der Waals surface area contributed by atoms with Crippen molar-refractivity contribution >= 4 is 27.5 Å². The molecule has 18 heavy (non-hydrogen) atoms. The topological polar surface area (TPSA) is 69.1 Å². The minimum absolute atomic E-state index is 0.517. The normalized spacial score (nSPS) is 11.0. The van der Waals surface area contributed by atoms with Gasteiger partial charge in [-0.1, -0.05) is 28.1 Å². The first kappa shape index (κ1) is 11.2. The van der Waals surface area contributed by atoms with Gasteiger partial charge in [-0.15, -0.1) is 0 Å². The summed E-state index contributed by atoms with van der Waals surface area (Å²) in [7, 11) is 0. The van der Waals surface area contributed by atoms with Gasteiger partial charge in [0.05, 0.1) is 5.69 Å². The van der Waals surface area contributed by atoms with Gasteiger partial charge in [0.2, 0.25) is 0 Å². The maximum absolute atomic E-state index is 6.15. The molecule has 2 heterocycles. The Kier molecular flexibility index (Phi) is 2.52. The minimum Gasteiger partial charge on any atom is -0.383 e. The van der Waals surface area contributed by atoms with Crippen molar-refractivity contribution < 1.29 is 0 Å². The molecule has 0 amide bonds. The number of halogens is 1. The number of fused-ring (bicyclic) bond motifs is 1. The summed E-state index contributed by atoms with van der Waals surface area (Å²) in [4.78, 5) is 8.44. The van der Waals surface area contributed by atoms with Crippen LogP contribution in [0, 0.1) is 6.92 Å². The maximum Gasteiger partial charge on any atom is 0.254 e. The third-order valence-corrected chi connectivity index (χ3v) is 3.25. The highest BCUT2D eigenvalue weighted by molar-refractivity contribution is 9.10. The minimum atomic E-state index is 0.517. The molecule has 0 aliphatic rings. The van der Waals surface area contributed by atoms with Crippen molar-refractivity contribution in [3.8, 4) is 11.1 Å². The van der Waals surface area contributed by atoms with Crippen LogP contribution in [-0.2, 0) is 0 Å². The molecule has 0 aliphatic carbocycles. The average Bonchev–Trinajstić information content (AvgIpc) is 2.77. The van der Waals surface area contributed by atoms with E-state index in [2.05, 4.69) is 31.0 Å². The lowest BCUT2D eigenvalue weighted by Gasteiger charge is -2.10. The molecule has 0 aliphatic heterocycles. The van der Waals surface area contributed by atoms with Crippen LogP contribution in [0.5, 0.6) is 0 Å². The molecule has 0 radical (unpaired) electrons. The third-order valence-electron chi connectivity index (χ3n) is 2.76. The number of aryl methyl sites for hydroxylation is 1. The zero-order chi connectivity index (χ0) is 12.7. The molecule has 0 saturated heterocycles. The SMILES string of the molecule is Cc1nc2ncnn2c(N)c1-c1cccc(Br)c1. The van der Waals surface area contributed by atoms with E-state index in [1.54, 1.807) is 4.52 Å². The summed E-state index contributed by atoms with van der Waals surface area (Å²) >= 11 is 3.45. The number of benzene rings is 1. The van der Waals surface area contributed by atoms with Crippen LogP contribution >= 0.6 is 15.9 Å². The van der Waals surface area contributed by atoms with Gasteiger partial charge in [-0.2, -0.15) is 14.6 Å². The van der Waals surface area contributed by atoms with Gasteiger partial charge in [-0.05, 0) is 24.6 Å². The molecule has 3 rings (SSSR count). The largest absolute Gasteiger partial charge is 0.383 e. The van der Waals surface area contributed by atoms with Crippen LogP contribution in [-0.4, -0.2) is 19.6 Å². The quantitative estimate of drug-likeness (QED) is 0.749. The fourth-order valence-corrected chi connectivity index (χ4v) is 2.38. The number of nitrogens with two attached hydrogens (primary N) is 1. The standard InChI is InChI=1S/C12H10BrN5/c1-7-10(8-3-2-4-9(13)5-8)11(14)18-12(17-7)15-6-16-18/h2-6H,14H2,1H3. The second-order valence-corrected chi connectivity index (χ2v) is 4.86. The van der Waals surface area contributed by atoms with Gasteiger partial charge < -0.3 is 5.73 Å². The zero-order valence-corrected chi connectivity index (χ0v) is 11.2. The summed E-state index contributed by atoms with van der Waals surface area (Å²) in [6, 6.07) is 7.93. The smallest absolute Gasteiger partial charge is 0.254 e. The predicted octanol–water partition coefficient (Wildman–Crippen LogP) is 2.44. The fourth-order valence-electron chi connectivity index (χ4n) is 1.98. The van der Waals surface area contributed by atoms with Crippen LogP contribution in [0.25, 0.3) is 16.9 Å². The van der Waals surface area contributed by atoms with E-state index in [9.17, 15) is 0 Å². The Hall–Kier alpha value is -1.95. The molecule has 2 aromatic heterocycles. The van der Waals surface area contributed by atoms with Crippen molar-refractivity contribution in [1.82, 2.24) is 19.6 Å². The number of hydrogen-bond acceptors (Lipinski definition) is 4. The van der Waals surface area contributed by atoms with Crippen molar-refractivity contribution in [1.29, 1.82) is 0 Å². The number of nitrogens with zero attached hydrogens (tertiary/aromatic N) is 4. The molecule has 0 fully saturated rings. The van der Waals surface area contributed by atoms with Gasteiger partial charge >= 0.3 is 0 Å². The lowest BCUT2D eigenvalue weighted by Crippen LogP contribution is -2.05. The number of anilines is 1. The molecule has 0 atom stereocenters. The van der Waals surface area contributed by atoms with Crippen LogP contribution in [0.15, 0.2) is 35.1 Å². The van der Waals surface area contributed by atoms with Crippen LogP contribution in [0.3, 0.4) is 0 Å². The first-order chi connectivity index (χ1) is 8.66. The number of rotatable bonds is 1. The number of nitrogen functional groups attached to an aromatic ring is 1. The molecule has 3 aromatic rings. The van der Waals surface area contributed by atoms with Crippen molar-refractivity contribution in [3.63, 3.8) is 0 Å². The Morgan fingerprint density at radius 2 is 2.17 bits per heavy atom. The van der Waals surface area contributed by atoms with Crippen molar-refractivity contribution in [3.05, 3.63) is 40.8 Å². The monoisotopic (exact) mass is 303 g/mol. The summed E-state index contributed by atoms with van der Waals surface area (Å²) in [6.45, 7) is 1.92. The van der Waals surface area contributed by atoms with Crippen molar-refractivity contribution in [2.45, 2.75) is 6.92 Å². The van der Waals surface area contributed by atoms with Gasteiger partial charge in [-0.3, -0.25) is 0 Å². The zero-order valence-electron chi connectivity index (χ0n) is 9.63. The molecule has 1 aromatic carbocycles. The highest BCUT2D eigenvalue weighted by Crippen LogP contribution is 2.30. The summed E-state index contributed by atoms with van der Waals surface area (Å²) < 4.78 is 2.54. The highest BCUT2D eigenvalue weighted by Gasteiger charge is 2.13. The van der Waals surface area contributed by atoms with Crippen LogP contribution in [0.2, 0.25) is 0 Å². The van der Waals surface area contributed by atoms with E-state index >= 15 is 0 Å². The van der Waals surface area contributed by atoms with E-state index in [4.69, 9.17) is 5.73 Å². The molecule has 5 nitrogen and oxygen atoms in total. The third kappa shape index (κ3) is 1.65. The van der Waals surface area contributed by atoms with Crippen molar-refractivity contribution in [2.24, 2.45) is 0 Å². The molecular weight excluding hydrogens is 294 g/mol. The molecule has 0 bridgehead atoms. The Balaban J connectivity index is 2.34. The van der Waals surface area contributed by atoms with E-state index < -0.39 is 0 Å². The maximum atomic E-state index is 6.15. The summed E-state index contributed by atoms with van der Waals surface area (Å²) in [5.74, 6) is 1.07. The molecule has 0 spiro atoms. The fraction of sp³-hybridized carbons (Fsp3) is 0.0833. The van der Waals surface area contributed by atoms with Crippen molar-refractivity contribution in [2.75, 3.05) is 5.73 Å². The molecule has 0 saturated carbocycles. The molecule has 0 unspecified atom stereocenters. The van der Waals surface area contributed by atoms with Crippen LogP contribution < -0.4 is 5.73 Å².